The molecule has 0 spiro atoms. The maximum absolute atomic E-state index is 13.5. The normalized spacial score (nSPS) is 15.7. The van der Waals surface area contributed by atoms with Crippen LogP contribution in [0.3, 0.4) is 0 Å². The van der Waals surface area contributed by atoms with Crippen molar-refractivity contribution in [3.05, 3.63) is 123 Å². The van der Waals surface area contributed by atoms with Crippen LogP contribution in [0.25, 0.3) is 6.08 Å². The molecule has 10 heteroatoms. The number of allylic oxidation sites excluding steroid dienone is 1. The highest BCUT2D eigenvalue weighted by Crippen LogP contribution is 2.44. The van der Waals surface area contributed by atoms with E-state index in [1.54, 1.807) is 18.2 Å². The summed E-state index contributed by atoms with van der Waals surface area (Å²) in [6.45, 7) is 6.33. The van der Waals surface area contributed by atoms with Crippen LogP contribution in [0.15, 0.2) is 94.5 Å². The standard InChI is InChI=1S/C32H27Cl2N3O3S2/c1-32(2,3)22-13-10-20(11-14-22)27-26(25(38)16-9-19-7-5-4-6-8-19)28(39)29(40)37(27)30-35-36-31(42-30)41-18-21-12-15-23(33)17-24(21)34/h4-17,27,39H,18H2,1-3H3. The first-order valence-corrected chi connectivity index (χ1v) is 15.6. The van der Waals surface area contributed by atoms with E-state index in [0.717, 1.165) is 16.7 Å². The number of halogens is 2. The van der Waals surface area contributed by atoms with Crippen LogP contribution >= 0.6 is 46.3 Å². The first-order valence-electron chi connectivity index (χ1n) is 13.1. The number of thioether (sulfide) groups is 1. The molecule has 5 rings (SSSR count). The van der Waals surface area contributed by atoms with E-state index in [-0.39, 0.29) is 16.1 Å². The summed E-state index contributed by atoms with van der Waals surface area (Å²) in [5.41, 5.74) is 3.39. The number of aliphatic hydroxyl groups is 1. The van der Waals surface area contributed by atoms with Crippen LogP contribution in [-0.4, -0.2) is 27.0 Å². The van der Waals surface area contributed by atoms with Gasteiger partial charge < -0.3 is 5.11 Å². The number of amides is 1. The van der Waals surface area contributed by atoms with E-state index in [1.807, 2.05) is 60.7 Å². The molecular formula is C32H27Cl2N3O3S2. The average molecular weight is 637 g/mol. The van der Waals surface area contributed by atoms with Crippen molar-refractivity contribution in [1.29, 1.82) is 0 Å². The summed E-state index contributed by atoms with van der Waals surface area (Å²) >= 11 is 15.0. The number of aliphatic hydroxyl groups excluding tert-OH is 1. The zero-order valence-corrected chi connectivity index (χ0v) is 26.2. The molecule has 0 radical (unpaired) electrons. The minimum absolute atomic E-state index is 0.00645. The van der Waals surface area contributed by atoms with E-state index in [0.29, 0.717) is 25.7 Å². The zero-order valence-electron chi connectivity index (χ0n) is 23.0. The molecule has 0 saturated heterocycles. The highest BCUT2D eigenvalue weighted by molar-refractivity contribution is 8.00. The highest BCUT2D eigenvalue weighted by atomic mass is 35.5. The van der Waals surface area contributed by atoms with Gasteiger partial charge in [0.1, 0.15) is 0 Å². The fourth-order valence-electron chi connectivity index (χ4n) is 4.50. The summed E-state index contributed by atoms with van der Waals surface area (Å²) in [5, 5.41) is 21.0. The smallest absolute Gasteiger partial charge is 0.296 e. The predicted octanol–water partition coefficient (Wildman–Crippen LogP) is 8.62. The van der Waals surface area contributed by atoms with Gasteiger partial charge >= 0.3 is 0 Å². The fraction of sp³-hybridized carbons (Fsp3) is 0.188. The summed E-state index contributed by atoms with van der Waals surface area (Å²) in [6.07, 6.45) is 3.04. The van der Waals surface area contributed by atoms with Crippen LogP contribution in [0.2, 0.25) is 10.0 Å². The fourth-order valence-corrected chi connectivity index (χ4v) is 6.92. The van der Waals surface area contributed by atoms with Crippen LogP contribution < -0.4 is 4.90 Å². The third kappa shape index (κ3) is 6.47. The van der Waals surface area contributed by atoms with E-state index in [4.69, 9.17) is 23.2 Å². The summed E-state index contributed by atoms with van der Waals surface area (Å²) < 4.78 is 0.605. The van der Waals surface area contributed by atoms with Gasteiger partial charge in [-0.2, -0.15) is 0 Å². The molecule has 1 unspecified atom stereocenters. The number of aromatic nitrogens is 2. The van der Waals surface area contributed by atoms with Crippen molar-refractivity contribution < 1.29 is 14.7 Å². The Balaban J connectivity index is 1.48. The molecule has 1 atom stereocenters. The maximum Gasteiger partial charge on any atom is 0.296 e. The molecule has 6 nitrogen and oxygen atoms in total. The van der Waals surface area contributed by atoms with Gasteiger partial charge in [0.2, 0.25) is 5.13 Å². The van der Waals surface area contributed by atoms with Crippen LogP contribution in [-0.2, 0) is 20.8 Å². The Labute approximate surface area is 262 Å². The van der Waals surface area contributed by atoms with Crippen molar-refractivity contribution in [2.45, 2.75) is 42.3 Å². The van der Waals surface area contributed by atoms with Crippen molar-refractivity contribution >= 4 is 69.2 Å². The second-order valence-electron chi connectivity index (χ2n) is 10.7. The Morgan fingerprint density at radius 1 is 1.05 bits per heavy atom. The molecule has 42 heavy (non-hydrogen) atoms. The van der Waals surface area contributed by atoms with Crippen LogP contribution in [0.5, 0.6) is 0 Å². The third-order valence-corrected chi connectivity index (χ3v) is 9.45. The second kappa shape index (κ2) is 12.4. The van der Waals surface area contributed by atoms with Gasteiger partial charge in [0.25, 0.3) is 5.91 Å². The monoisotopic (exact) mass is 635 g/mol. The minimum atomic E-state index is -0.879. The van der Waals surface area contributed by atoms with Gasteiger partial charge in [-0.05, 0) is 45.9 Å². The molecule has 4 aromatic rings. The van der Waals surface area contributed by atoms with Gasteiger partial charge in [-0.25, -0.2) is 0 Å². The van der Waals surface area contributed by atoms with Gasteiger partial charge in [0.05, 0.1) is 11.6 Å². The van der Waals surface area contributed by atoms with Gasteiger partial charge in [-0.15, -0.1) is 10.2 Å². The average Bonchev–Trinajstić information content (AvgIpc) is 3.53. The van der Waals surface area contributed by atoms with Crippen molar-refractivity contribution in [1.82, 2.24) is 10.2 Å². The maximum atomic E-state index is 13.5. The second-order valence-corrected chi connectivity index (χ2v) is 13.7. The number of carbonyl (C=O) groups excluding carboxylic acids is 2. The predicted molar refractivity (Wildman–Crippen MR) is 171 cm³/mol. The lowest BCUT2D eigenvalue weighted by atomic mass is 9.85. The Kier molecular flexibility index (Phi) is 8.89. The first-order chi connectivity index (χ1) is 20.0. The number of anilines is 1. The molecule has 0 aliphatic carbocycles. The highest BCUT2D eigenvalue weighted by Gasteiger charge is 2.45. The number of rotatable bonds is 8. The van der Waals surface area contributed by atoms with E-state index in [9.17, 15) is 14.7 Å². The molecule has 3 aromatic carbocycles. The SMILES string of the molecule is CC(C)(C)c1ccc(C2C(C(=O)C=Cc3ccccc3)=C(O)C(=O)N2c2nnc(SCc3ccc(Cl)cc3Cl)s2)cc1. The summed E-state index contributed by atoms with van der Waals surface area (Å²) in [5.74, 6) is -1.24. The van der Waals surface area contributed by atoms with Crippen molar-refractivity contribution in [3.63, 3.8) is 0 Å². The quantitative estimate of drug-likeness (QED) is 0.118. The Bertz CT molecular complexity index is 1690. The molecule has 0 fully saturated rings. The summed E-state index contributed by atoms with van der Waals surface area (Å²) in [7, 11) is 0. The summed E-state index contributed by atoms with van der Waals surface area (Å²) in [6, 6.07) is 21.5. The molecule has 1 N–H and O–H groups in total. The van der Waals surface area contributed by atoms with E-state index in [1.165, 1.54) is 34.1 Å². The minimum Gasteiger partial charge on any atom is -0.503 e. The molecule has 1 aliphatic rings. The molecule has 1 amide bonds. The molecule has 0 saturated carbocycles. The molecule has 2 heterocycles. The molecule has 1 aliphatic heterocycles. The van der Waals surface area contributed by atoms with Crippen LogP contribution in [0.4, 0.5) is 5.13 Å². The lowest BCUT2D eigenvalue weighted by Gasteiger charge is -2.25. The van der Waals surface area contributed by atoms with E-state index in [2.05, 4.69) is 31.0 Å². The van der Waals surface area contributed by atoms with Gasteiger partial charge in [-0.3, -0.25) is 14.5 Å². The lowest BCUT2D eigenvalue weighted by molar-refractivity contribution is -0.117. The zero-order chi connectivity index (χ0) is 30.0. The third-order valence-electron chi connectivity index (χ3n) is 6.76. The Hall–Kier alpha value is -3.43. The van der Waals surface area contributed by atoms with Gasteiger partial charge in [0.15, 0.2) is 15.9 Å². The number of benzene rings is 3. The molecule has 214 valence electrons. The van der Waals surface area contributed by atoms with Gasteiger partial charge in [-0.1, -0.05) is 134 Å². The summed E-state index contributed by atoms with van der Waals surface area (Å²) in [4.78, 5) is 28.4. The number of hydrogen-bond acceptors (Lipinski definition) is 7. The number of carbonyl (C=O) groups is 2. The largest absolute Gasteiger partial charge is 0.503 e. The Morgan fingerprint density at radius 3 is 2.43 bits per heavy atom. The topological polar surface area (TPSA) is 83.4 Å². The lowest BCUT2D eigenvalue weighted by Crippen LogP contribution is -2.31. The van der Waals surface area contributed by atoms with Crippen molar-refractivity contribution in [2.24, 2.45) is 0 Å². The van der Waals surface area contributed by atoms with Crippen LogP contribution in [0.1, 0.15) is 49.1 Å². The molecular weight excluding hydrogens is 609 g/mol. The first kappa shape index (κ1) is 30.0. The number of hydrogen-bond donors (Lipinski definition) is 1. The van der Waals surface area contributed by atoms with Crippen molar-refractivity contribution in [3.8, 4) is 0 Å². The molecule has 0 bridgehead atoms. The van der Waals surface area contributed by atoms with Crippen molar-refractivity contribution in [2.75, 3.05) is 4.90 Å². The van der Waals surface area contributed by atoms with E-state index >= 15 is 0 Å². The van der Waals surface area contributed by atoms with E-state index < -0.39 is 23.5 Å². The number of ketones is 1. The van der Waals surface area contributed by atoms with Crippen LogP contribution in [0, 0.1) is 0 Å². The number of nitrogens with zero attached hydrogens (tertiary/aromatic N) is 3. The van der Waals surface area contributed by atoms with Gasteiger partial charge in [0, 0.05) is 15.8 Å². The molecule has 1 aromatic heterocycles. The Morgan fingerprint density at radius 2 is 1.76 bits per heavy atom.